The van der Waals surface area contributed by atoms with E-state index in [1.165, 1.54) is 57.5 Å². The van der Waals surface area contributed by atoms with Crippen LogP contribution < -0.4 is 0 Å². The zero-order valence-electron chi connectivity index (χ0n) is 22.1. The van der Waals surface area contributed by atoms with Crippen LogP contribution in [-0.4, -0.2) is 17.8 Å². The van der Waals surface area contributed by atoms with Crippen LogP contribution in [0.1, 0.15) is 20.9 Å². The van der Waals surface area contributed by atoms with Gasteiger partial charge in [0.25, 0.3) is 0 Å². The number of allylic oxidation sites excluding steroid dienone is 2. The van der Waals surface area contributed by atoms with E-state index in [9.17, 15) is 0 Å². The molecule has 0 aliphatic heterocycles. The standard InChI is InChI=1S/C31H18F6S6/c1-15-7-9-21(40-15)27-17(13-23(42-27)19-5-3-11-38-19)25-26(30(34,35)31(36,37)29(25,32)33)18-14-24(20-6-4-12-39-20)43-28(18)22-10-8-16(2)41-22/h3-14H,1-2H3. The maximum atomic E-state index is 16.1. The molecule has 0 amide bonds. The third kappa shape index (κ3) is 4.47. The number of hydrogen-bond acceptors (Lipinski definition) is 6. The Bertz CT molecular complexity index is 1840. The van der Waals surface area contributed by atoms with Crippen molar-refractivity contribution in [3.8, 4) is 39.0 Å². The van der Waals surface area contributed by atoms with Crippen molar-refractivity contribution in [2.24, 2.45) is 0 Å². The summed E-state index contributed by atoms with van der Waals surface area (Å²) in [5.74, 6) is -15.9. The summed E-state index contributed by atoms with van der Waals surface area (Å²) < 4.78 is 95.4. The fourth-order valence-electron chi connectivity index (χ4n) is 5.15. The normalized spacial score (nSPS) is 17.3. The highest BCUT2D eigenvalue weighted by Gasteiger charge is 2.80. The van der Waals surface area contributed by atoms with E-state index >= 15 is 26.3 Å². The minimum absolute atomic E-state index is 0.268. The first-order valence-corrected chi connectivity index (χ1v) is 17.8. The lowest BCUT2D eigenvalue weighted by Gasteiger charge is -2.25. The first-order chi connectivity index (χ1) is 20.4. The van der Waals surface area contributed by atoms with Crippen molar-refractivity contribution in [3.05, 3.63) is 92.3 Å². The molecule has 1 aliphatic rings. The van der Waals surface area contributed by atoms with Gasteiger partial charge in [-0.3, -0.25) is 0 Å². The molecule has 12 heteroatoms. The van der Waals surface area contributed by atoms with E-state index in [2.05, 4.69) is 0 Å². The van der Waals surface area contributed by atoms with E-state index in [4.69, 9.17) is 0 Å². The van der Waals surface area contributed by atoms with E-state index in [-0.39, 0.29) is 20.9 Å². The minimum Gasteiger partial charge on any atom is -0.194 e. The van der Waals surface area contributed by atoms with Gasteiger partial charge in [0.05, 0.1) is 9.75 Å². The lowest BCUT2D eigenvalue weighted by atomic mass is 9.94. The van der Waals surface area contributed by atoms with E-state index in [1.807, 2.05) is 24.6 Å². The molecular weight excluding hydrogens is 679 g/mol. The van der Waals surface area contributed by atoms with E-state index < -0.39 is 28.9 Å². The summed E-state index contributed by atoms with van der Waals surface area (Å²) in [5, 5.41) is 3.63. The molecule has 43 heavy (non-hydrogen) atoms. The predicted octanol–water partition coefficient (Wildman–Crippen LogP) is 13.2. The van der Waals surface area contributed by atoms with E-state index in [0.717, 1.165) is 42.2 Å². The van der Waals surface area contributed by atoms with Gasteiger partial charge in [0.1, 0.15) is 0 Å². The smallest absolute Gasteiger partial charge is 0.194 e. The van der Waals surface area contributed by atoms with E-state index in [1.54, 1.807) is 48.5 Å². The van der Waals surface area contributed by atoms with Crippen LogP contribution >= 0.6 is 68.0 Å². The Morgan fingerprint density at radius 1 is 0.488 bits per heavy atom. The summed E-state index contributed by atoms with van der Waals surface area (Å²) >= 11 is 7.62. The highest BCUT2D eigenvalue weighted by atomic mass is 32.1. The second-order valence-electron chi connectivity index (χ2n) is 9.96. The first-order valence-electron chi connectivity index (χ1n) is 12.8. The van der Waals surface area contributed by atoms with Gasteiger partial charge in [-0.15, -0.1) is 68.0 Å². The van der Waals surface area contributed by atoms with Crippen LogP contribution in [0.25, 0.3) is 50.2 Å². The van der Waals surface area contributed by atoms with Crippen LogP contribution in [0.15, 0.2) is 71.4 Å². The second kappa shape index (κ2) is 10.3. The summed E-state index contributed by atoms with van der Waals surface area (Å²) in [4.78, 5) is 5.97. The van der Waals surface area contributed by atoms with Gasteiger partial charge < -0.3 is 0 Å². The third-order valence-corrected chi connectivity index (χ3v) is 13.9. The molecule has 0 fully saturated rings. The maximum absolute atomic E-state index is 16.1. The van der Waals surface area contributed by atoms with Crippen molar-refractivity contribution in [3.63, 3.8) is 0 Å². The Morgan fingerprint density at radius 2 is 0.907 bits per heavy atom. The van der Waals surface area contributed by atoms with Crippen LogP contribution in [0, 0.1) is 13.8 Å². The molecular formula is C31H18F6S6. The summed E-state index contributed by atoms with van der Waals surface area (Å²) in [6.45, 7) is 3.68. The highest BCUT2D eigenvalue weighted by Crippen LogP contribution is 2.67. The van der Waals surface area contributed by atoms with Crippen molar-refractivity contribution < 1.29 is 26.3 Å². The molecule has 0 bridgehead atoms. The topological polar surface area (TPSA) is 0 Å². The molecule has 0 saturated heterocycles. The van der Waals surface area contributed by atoms with Gasteiger partial charge in [-0.05, 0) is 73.1 Å². The average Bonchev–Trinajstić information content (AvgIpc) is 3.79. The molecule has 0 spiro atoms. The summed E-state index contributed by atoms with van der Waals surface area (Å²) in [7, 11) is 0. The van der Waals surface area contributed by atoms with Crippen LogP contribution in [0.2, 0.25) is 0 Å². The third-order valence-electron chi connectivity index (χ3n) is 7.13. The zero-order valence-corrected chi connectivity index (χ0v) is 27.0. The number of alkyl halides is 6. The van der Waals surface area contributed by atoms with Gasteiger partial charge in [0.15, 0.2) is 0 Å². The van der Waals surface area contributed by atoms with Crippen molar-refractivity contribution in [2.45, 2.75) is 31.6 Å². The SMILES string of the molecule is Cc1ccc(-c2sc(-c3cccs3)cc2C2=C(c3cc(-c4cccs4)sc3-c3ccc(C)s3)C(F)(F)C(F)(F)C2(F)F)s1. The molecule has 6 aromatic rings. The van der Waals surface area contributed by atoms with Gasteiger partial charge in [-0.25, -0.2) is 0 Å². The van der Waals surface area contributed by atoms with Crippen LogP contribution in [0.5, 0.6) is 0 Å². The number of thiophene rings is 6. The Balaban J connectivity index is 1.59. The van der Waals surface area contributed by atoms with Crippen LogP contribution in [0.4, 0.5) is 26.3 Å². The minimum atomic E-state index is -5.65. The van der Waals surface area contributed by atoms with Crippen molar-refractivity contribution >= 4 is 79.2 Å². The molecule has 0 saturated carbocycles. The number of halogens is 6. The number of hydrogen-bond donors (Lipinski definition) is 0. The fraction of sp³-hybridized carbons (Fsp3) is 0.161. The van der Waals surface area contributed by atoms with E-state index in [0.29, 0.717) is 19.5 Å². The molecule has 0 aromatic carbocycles. The van der Waals surface area contributed by atoms with Crippen molar-refractivity contribution in [2.75, 3.05) is 0 Å². The zero-order chi connectivity index (χ0) is 30.3. The Hall–Kier alpha value is -2.48. The molecule has 1 aliphatic carbocycles. The molecule has 6 aromatic heterocycles. The molecule has 0 atom stereocenters. The quantitative estimate of drug-likeness (QED) is 0.152. The first kappa shape index (κ1) is 29.2. The number of aryl methyl sites for hydroxylation is 2. The van der Waals surface area contributed by atoms with Gasteiger partial charge in [0.2, 0.25) is 0 Å². The Morgan fingerprint density at radius 3 is 1.23 bits per heavy atom. The number of rotatable bonds is 6. The molecule has 0 nitrogen and oxygen atoms in total. The van der Waals surface area contributed by atoms with Crippen LogP contribution in [0.3, 0.4) is 0 Å². The van der Waals surface area contributed by atoms with Gasteiger partial charge in [-0.2, -0.15) is 26.3 Å². The van der Waals surface area contributed by atoms with Gasteiger partial charge >= 0.3 is 17.8 Å². The largest absolute Gasteiger partial charge is 0.380 e. The predicted molar refractivity (Wildman–Crippen MR) is 173 cm³/mol. The lowest BCUT2D eigenvalue weighted by Crippen LogP contribution is -2.48. The molecule has 220 valence electrons. The van der Waals surface area contributed by atoms with Gasteiger partial charge in [0, 0.05) is 61.3 Å². The molecule has 6 heterocycles. The Kier molecular flexibility index (Phi) is 6.99. The fourth-order valence-corrected chi connectivity index (χ4v) is 11.1. The molecule has 7 rings (SSSR count). The van der Waals surface area contributed by atoms with Crippen molar-refractivity contribution in [1.29, 1.82) is 0 Å². The summed E-state index contributed by atoms with van der Waals surface area (Å²) in [6, 6.07) is 16.9. The molecule has 0 unspecified atom stereocenters. The maximum Gasteiger partial charge on any atom is 0.380 e. The van der Waals surface area contributed by atoms with Gasteiger partial charge in [-0.1, -0.05) is 12.1 Å². The monoisotopic (exact) mass is 696 g/mol. The van der Waals surface area contributed by atoms with Crippen molar-refractivity contribution in [1.82, 2.24) is 0 Å². The summed E-state index contributed by atoms with van der Waals surface area (Å²) in [5.41, 5.74) is -3.20. The lowest BCUT2D eigenvalue weighted by molar-refractivity contribution is -0.254. The summed E-state index contributed by atoms with van der Waals surface area (Å²) in [6.07, 6.45) is 0. The molecule has 0 radical (unpaired) electrons. The Labute approximate surface area is 266 Å². The van der Waals surface area contributed by atoms with Crippen LogP contribution in [-0.2, 0) is 0 Å². The highest BCUT2D eigenvalue weighted by molar-refractivity contribution is 7.27. The molecule has 0 N–H and O–H groups in total. The average molecular weight is 697 g/mol. The second-order valence-corrected chi connectivity index (χ2v) is 16.5.